The number of hydrogen-bond acceptors (Lipinski definition) is 9. The number of aliphatic carboxylic acids is 1. The molecule has 1 fully saturated rings. The van der Waals surface area contributed by atoms with Gasteiger partial charge in [0.1, 0.15) is 0 Å². The van der Waals surface area contributed by atoms with E-state index in [0.29, 0.717) is 23.9 Å². The van der Waals surface area contributed by atoms with Crippen LogP contribution in [0.2, 0.25) is 0 Å². The average Bonchev–Trinajstić information content (AvgIpc) is 3.36. The number of ether oxygens (including phenoxy) is 2. The van der Waals surface area contributed by atoms with E-state index in [9.17, 15) is 14.7 Å². The topological polar surface area (TPSA) is 149 Å². The zero-order valence-corrected chi connectivity index (χ0v) is 22.7. The molecule has 208 valence electrons. The number of aliphatic hydroxyl groups is 1. The first-order valence-electron chi connectivity index (χ1n) is 12.8. The van der Waals surface area contributed by atoms with E-state index >= 15 is 0 Å². The molecule has 1 aliphatic heterocycles. The Morgan fingerprint density at radius 3 is 2.36 bits per heavy atom. The lowest BCUT2D eigenvalue weighted by Crippen LogP contribution is -2.38. The second-order valence-corrected chi connectivity index (χ2v) is 10.5. The molecule has 1 aliphatic rings. The minimum atomic E-state index is -0.907. The normalized spacial score (nSPS) is 21.0. The van der Waals surface area contributed by atoms with E-state index in [0.717, 1.165) is 22.3 Å². The highest BCUT2D eigenvalue weighted by atomic mass is 32.2. The summed E-state index contributed by atoms with van der Waals surface area (Å²) in [6.45, 7) is 2.43. The smallest absolute Gasteiger partial charge is 0.303 e. The number of aromatic nitrogens is 4. The van der Waals surface area contributed by atoms with Gasteiger partial charge in [0.15, 0.2) is 6.29 Å². The Morgan fingerprint density at radius 1 is 1.03 bits per heavy atom. The number of hydrogen-bond donors (Lipinski definition) is 3. The van der Waals surface area contributed by atoms with Gasteiger partial charge in [0.2, 0.25) is 11.1 Å². The lowest BCUT2D eigenvalue weighted by Gasteiger charge is -2.41. The molecule has 0 spiro atoms. The number of carboxylic acids is 1. The number of carbonyl (C=O) groups excluding carboxylic acids is 1. The molecule has 39 heavy (non-hydrogen) atoms. The largest absolute Gasteiger partial charge is 0.481 e. The summed E-state index contributed by atoms with van der Waals surface area (Å²) >= 11 is 1.52. The number of thioether (sulfide) groups is 1. The fourth-order valence-corrected chi connectivity index (χ4v) is 5.30. The maximum absolute atomic E-state index is 12.0. The molecule has 3 aromatic rings. The van der Waals surface area contributed by atoms with E-state index in [1.54, 1.807) is 11.7 Å². The number of amides is 1. The van der Waals surface area contributed by atoms with Crippen molar-refractivity contribution in [1.29, 1.82) is 0 Å². The first-order valence-corrected chi connectivity index (χ1v) is 13.8. The Kier molecular flexibility index (Phi) is 10.0. The number of aliphatic hydroxyl groups excluding tert-OH is 1. The third-order valence-electron chi connectivity index (χ3n) is 6.62. The van der Waals surface area contributed by atoms with Gasteiger partial charge in [-0.3, -0.25) is 9.59 Å². The van der Waals surface area contributed by atoms with Crippen LogP contribution < -0.4 is 5.32 Å². The average molecular weight is 556 g/mol. The number of aryl methyl sites for hydroxylation is 1. The molecule has 2 heterocycles. The van der Waals surface area contributed by atoms with Crippen LogP contribution in [0.3, 0.4) is 0 Å². The van der Waals surface area contributed by atoms with Crippen LogP contribution in [-0.4, -0.2) is 54.2 Å². The van der Waals surface area contributed by atoms with E-state index in [-0.39, 0.29) is 43.5 Å². The highest BCUT2D eigenvalue weighted by molar-refractivity contribution is 7.99. The van der Waals surface area contributed by atoms with Crippen LogP contribution in [0.1, 0.15) is 60.8 Å². The van der Waals surface area contributed by atoms with Gasteiger partial charge in [0, 0.05) is 43.7 Å². The molecule has 0 aliphatic carbocycles. The number of benzene rings is 2. The van der Waals surface area contributed by atoms with Crippen molar-refractivity contribution in [2.45, 2.75) is 63.0 Å². The highest BCUT2D eigenvalue weighted by Crippen LogP contribution is 2.42. The van der Waals surface area contributed by atoms with Crippen molar-refractivity contribution in [3.63, 3.8) is 0 Å². The second kappa shape index (κ2) is 13.7. The van der Waals surface area contributed by atoms with Crippen LogP contribution in [-0.2, 0) is 39.3 Å². The summed E-state index contributed by atoms with van der Waals surface area (Å²) in [6.07, 6.45) is -0.528. The van der Waals surface area contributed by atoms with Crippen LogP contribution in [0.25, 0.3) is 0 Å². The highest BCUT2D eigenvalue weighted by Gasteiger charge is 2.38. The van der Waals surface area contributed by atoms with Gasteiger partial charge in [0.05, 0.1) is 18.8 Å². The molecule has 1 aromatic heterocycles. The lowest BCUT2D eigenvalue weighted by molar-refractivity contribution is -0.268. The molecule has 12 heteroatoms. The minimum Gasteiger partial charge on any atom is -0.481 e. The number of tetrazole rings is 1. The molecule has 0 bridgehead atoms. The van der Waals surface area contributed by atoms with E-state index in [2.05, 4.69) is 27.8 Å². The molecule has 3 N–H and O–H groups in total. The molecule has 1 amide bonds. The molecular weight excluding hydrogens is 522 g/mol. The van der Waals surface area contributed by atoms with Crippen LogP contribution >= 0.6 is 11.8 Å². The van der Waals surface area contributed by atoms with Crippen LogP contribution in [0.5, 0.6) is 0 Å². The van der Waals surface area contributed by atoms with Gasteiger partial charge in [-0.05, 0) is 33.5 Å². The Balaban J connectivity index is 1.44. The van der Waals surface area contributed by atoms with E-state index < -0.39 is 12.3 Å². The second-order valence-electron chi connectivity index (χ2n) is 9.48. The van der Waals surface area contributed by atoms with Gasteiger partial charge in [-0.15, -0.1) is 5.10 Å². The lowest BCUT2D eigenvalue weighted by atomic mass is 9.91. The van der Waals surface area contributed by atoms with Crippen molar-refractivity contribution in [2.24, 2.45) is 13.0 Å². The molecule has 4 rings (SSSR count). The van der Waals surface area contributed by atoms with Crippen molar-refractivity contribution in [2.75, 3.05) is 5.75 Å². The monoisotopic (exact) mass is 555 g/mol. The third kappa shape index (κ3) is 7.85. The maximum atomic E-state index is 12.0. The molecule has 0 unspecified atom stereocenters. The maximum Gasteiger partial charge on any atom is 0.303 e. The predicted octanol–water partition coefficient (Wildman–Crippen LogP) is 3.16. The fraction of sp³-hybridized carbons (Fsp3) is 0.444. The van der Waals surface area contributed by atoms with Gasteiger partial charge < -0.3 is 25.0 Å². The summed E-state index contributed by atoms with van der Waals surface area (Å²) < 4.78 is 14.5. The molecule has 4 atom stereocenters. The summed E-state index contributed by atoms with van der Waals surface area (Å²) in [7, 11) is 1.80. The van der Waals surface area contributed by atoms with Crippen LogP contribution in [0.4, 0.5) is 0 Å². The Labute approximate surface area is 230 Å². The van der Waals surface area contributed by atoms with Gasteiger partial charge in [-0.25, -0.2) is 4.68 Å². The first kappa shape index (κ1) is 28.7. The molecule has 1 saturated heterocycles. The fourth-order valence-electron chi connectivity index (χ4n) is 4.29. The summed E-state index contributed by atoms with van der Waals surface area (Å²) in [5.41, 5.74) is 3.60. The minimum absolute atomic E-state index is 0.0206. The van der Waals surface area contributed by atoms with Crippen molar-refractivity contribution >= 4 is 23.6 Å². The number of nitrogens with zero attached hydrogens (tertiary/aromatic N) is 4. The van der Waals surface area contributed by atoms with Gasteiger partial charge in [-0.2, -0.15) is 0 Å². The molecule has 0 saturated carbocycles. The SMILES string of the molecule is C[C@@H]1[C@H](CSc2nnnn2C)O[C@H](c2ccc(CNC(=O)CCCC(=O)O)cc2)O[C@@H]1c1ccc(CO)cc1. The quantitative estimate of drug-likeness (QED) is 0.285. The molecule has 2 aromatic carbocycles. The van der Waals surface area contributed by atoms with Gasteiger partial charge >= 0.3 is 5.97 Å². The summed E-state index contributed by atoms with van der Waals surface area (Å²) in [4.78, 5) is 22.6. The Bertz CT molecular complexity index is 1240. The predicted molar refractivity (Wildman–Crippen MR) is 142 cm³/mol. The molecule has 0 radical (unpaired) electrons. The number of carbonyl (C=O) groups is 2. The van der Waals surface area contributed by atoms with Crippen molar-refractivity contribution in [1.82, 2.24) is 25.5 Å². The number of rotatable bonds is 12. The number of carboxylic acid groups (broad SMARTS) is 1. The van der Waals surface area contributed by atoms with E-state index in [1.165, 1.54) is 11.8 Å². The molecular formula is C27H33N5O6S. The Hall–Kier alpha value is -3.32. The third-order valence-corrected chi connectivity index (χ3v) is 7.72. The number of nitrogens with one attached hydrogen (secondary N) is 1. The standard InChI is InChI=1S/C27H33N5O6S/c1-17-22(16-39-27-29-30-31-32(27)2)37-26(38-25(17)20-10-8-19(15-33)9-11-20)21-12-6-18(7-13-21)14-28-23(34)4-3-5-24(35)36/h6-13,17,22,25-26,33H,3-5,14-16H2,1-2H3,(H,28,34)(H,35,36)/t17-,22+,25+,26+/m1/s1. The summed E-state index contributed by atoms with van der Waals surface area (Å²) in [6, 6.07) is 15.4. The zero-order valence-electron chi connectivity index (χ0n) is 21.9. The Morgan fingerprint density at radius 2 is 1.72 bits per heavy atom. The van der Waals surface area contributed by atoms with Gasteiger partial charge in [0.25, 0.3) is 0 Å². The summed E-state index contributed by atoms with van der Waals surface area (Å²) in [5.74, 6) is -0.421. The molecule has 11 nitrogen and oxygen atoms in total. The van der Waals surface area contributed by atoms with Crippen molar-refractivity contribution < 1.29 is 29.3 Å². The van der Waals surface area contributed by atoms with Crippen LogP contribution in [0.15, 0.2) is 53.7 Å². The zero-order chi connectivity index (χ0) is 27.8. The van der Waals surface area contributed by atoms with Crippen molar-refractivity contribution in [3.05, 3.63) is 70.8 Å². The van der Waals surface area contributed by atoms with Crippen LogP contribution in [0, 0.1) is 5.92 Å². The van der Waals surface area contributed by atoms with E-state index in [4.69, 9.17) is 14.6 Å². The van der Waals surface area contributed by atoms with E-state index in [1.807, 2.05) is 48.5 Å². The van der Waals surface area contributed by atoms with Crippen molar-refractivity contribution in [3.8, 4) is 0 Å². The first-order chi connectivity index (χ1) is 18.8. The summed E-state index contributed by atoms with van der Waals surface area (Å²) in [5, 5.41) is 33.3. The van der Waals surface area contributed by atoms with Gasteiger partial charge in [-0.1, -0.05) is 67.2 Å².